The Morgan fingerprint density at radius 1 is 1.50 bits per heavy atom. The first-order valence-corrected chi connectivity index (χ1v) is 6.17. The van der Waals surface area contributed by atoms with Crippen LogP contribution in [0.25, 0.3) is 0 Å². The molecule has 3 N–H and O–H groups in total. The molecule has 0 spiro atoms. The molecule has 1 amide bonds. The molecule has 5 heteroatoms. The highest BCUT2D eigenvalue weighted by molar-refractivity contribution is 5.68. The number of amides is 1. The van der Waals surface area contributed by atoms with Crippen LogP contribution in [0.15, 0.2) is 18.3 Å². The lowest BCUT2D eigenvalue weighted by atomic mass is 10.1. The predicted octanol–water partition coefficient (Wildman–Crippen LogP) is 1.67. The van der Waals surface area contributed by atoms with Gasteiger partial charge in [0.25, 0.3) is 0 Å². The number of aromatic amines is 1. The topological polar surface area (TPSA) is 66.2 Å². The maximum Gasteiger partial charge on any atom is 0.407 e. The molecular formula is C13H23N3O2. The van der Waals surface area contributed by atoms with Crippen LogP contribution in [0.3, 0.4) is 0 Å². The van der Waals surface area contributed by atoms with Gasteiger partial charge in [-0.3, -0.25) is 0 Å². The van der Waals surface area contributed by atoms with Crippen LogP contribution in [0.4, 0.5) is 4.79 Å². The van der Waals surface area contributed by atoms with Gasteiger partial charge in [-0.05, 0) is 40.0 Å². The van der Waals surface area contributed by atoms with Gasteiger partial charge in [-0.15, -0.1) is 0 Å². The van der Waals surface area contributed by atoms with Gasteiger partial charge < -0.3 is 20.4 Å². The largest absolute Gasteiger partial charge is 0.444 e. The summed E-state index contributed by atoms with van der Waals surface area (Å²) in [6, 6.07) is 3.95. The van der Waals surface area contributed by atoms with Crippen molar-refractivity contribution in [1.29, 1.82) is 0 Å². The number of H-pyrrole nitrogens is 1. The highest BCUT2D eigenvalue weighted by Gasteiger charge is 2.19. The molecular weight excluding hydrogens is 230 g/mol. The summed E-state index contributed by atoms with van der Waals surface area (Å²) in [6.07, 6.45) is 2.24. The van der Waals surface area contributed by atoms with Crippen LogP contribution in [0, 0.1) is 0 Å². The Balaban J connectivity index is 2.49. The van der Waals surface area contributed by atoms with Gasteiger partial charge in [0, 0.05) is 24.9 Å². The summed E-state index contributed by atoms with van der Waals surface area (Å²) in [5.41, 5.74) is 0.618. The molecule has 0 fully saturated rings. The van der Waals surface area contributed by atoms with Gasteiger partial charge in [0.1, 0.15) is 5.60 Å². The van der Waals surface area contributed by atoms with Crippen LogP contribution < -0.4 is 10.6 Å². The Labute approximate surface area is 108 Å². The van der Waals surface area contributed by atoms with E-state index in [2.05, 4.69) is 15.6 Å². The predicted molar refractivity (Wildman–Crippen MR) is 71.6 cm³/mol. The average Bonchev–Trinajstić information content (AvgIpc) is 2.67. The van der Waals surface area contributed by atoms with Crippen molar-refractivity contribution in [2.75, 3.05) is 13.6 Å². The third kappa shape index (κ3) is 5.72. The van der Waals surface area contributed by atoms with E-state index in [9.17, 15) is 4.79 Å². The Morgan fingerprint density at radius 3 is 2.72 bits per heavy atom. The number of nitrogens with one attached hydrogen (secondary N) is 3. The van der Waals surface area contributed by atoms with Crippen LogP contribution in [-0.2, 0) is 11.2 Å². The number of ether oxygens (including phenoxy) is 1. The molecule has 5 nitrogen and oxygen atoms in total. The molecule has 0 saturated heterocycles. The smallest absolute Gasteiger partial charge is 0.407 e. The molecule has 1 atom stereocenters. The molecule has 0 aliphatic carbocycles. The molecule has 102 valence electrons. The molecule has 0 aliphatic rings. The Bertz CT molecular complexity index is 355. The lowest BCUT2D eigenvalue weighted by Gasteiger charge is -2.23. The van der Waals surface area contributed by atoms with Gasteiger partial charge in [-0.25, -0.2) is 4.79 Å². The number of hydrogen-bond donors (Lipinski definition) is 3. The van der Waals surface area contributed by atoms with Gasteiger partial charge in [-0.1, -0.05) is 0 Å². The van der Waals surface area contributed by atoms with Gasteiger partial charge in [0.15, 0.2) is 0 Å². The van der Waals surface area contributed by atoms with E-state index in [4.69, 9.17) is 4.74 Å². The van der Waals surface area contributed by atoms with Crippen molar-refractivity contribution in [2.45, 2.75) is 38.8 Å². The van der Waals surface area contributed by atoms with Crippen molar-refractivity contribution in [3.05, 3.63) is 24.0 Å². The van der Waals surface area contributed by atoms with Crippen molar-refractivity contribution in [1.82, 2.24) is 15.6 Å². The summed E-state index contributed by atoms with van der Waals surface area (Å²) < 4.78 is 5.25. The van der Waals surface area contributed by atoms with E-state index in [-0.39, 0.29) is 12.1 Å². The first kappa shape index (κ1) is 14.6. The minimum Gasteiger partial charge on any atom is -0.444 e. The summed E-state index contributed by atoms with van der Waals surface area (Å²) in [5.74, 6) is 0. The minimum absolute atomic E-state index is 0.00324. The van der Waals surface area contributed by atoms with E-state index in [0.717, 1.165) is 12.1 Å². The third-order valence-electron chi connectivity index (χ3n) is 2.30. The van der Waals surface area contributed by atoms with E-state index >= 15 is 0 Å². The fourth-order valence-electron chi connectivity index (χ4n) is 1.65. The monoisotopic (exact) mass is 253 g/mol. The fourth-order valence-corrected chi connectivity index (χ4v) is 1.65. The van der Waals surface area contributed by atoms with E-state index in [0.29, 0.717) is 6.54 Å². The average molecular weight is 253 g/mol. The molecule has 0 radical (unpaired) electrons. The van der Waals surface area contributed by atoms with Crippen molar-refractivity contribution in [2.24, 2.45) is 0 Å². The quantitative estimate of drug-likeness (QED) is 0.748. The third-order valence-corrected chi connectivity index (χ3v) is 2.30. The van der Waals surface area contributed by atoms with E-state index in [1.54, 1.807) is 0 Å². The maximum atomic E-state index is 11.7. The summed E-state index contributed by atoms with van der Waals surface area (Å²) in [4.78, 5) is 14.8. The lowest BCUT2D eigenvalue weighted by molar-refractivity contribution is 0.0504. The second-order valence-electron chi connectivity index (χ2n) is 5.30. The first-order valence-electron chi connectivity index (χ1n) is 6.17. The number of aromatic nitrogens is 1. The summed E-state index contributed by atoms with van der Waals surface area (Å²) in [5, 5.41) is 5.93. The summed E-state index contributed by atoms with van der Waals surface area (Å²) >= 11 is 0. The molecule has 1 unspecified atom stereocenters. The zero-order chi connectivity index (χ0) is 13.6. The standard InChI is InChI=1S/C13H23N3O2/c1-13(2,3)18-12(17)16-11(9-14-4)8-10-6-5-7-15-10/h5-7,11,14-15H,8-9H2,1-4H3,(H,16,17). The number of hydrogen-bond acceptors (Lipinski definition) is 3. The highest BCUT2D eigenvalue weighted by Crippen LogP contribution is 2.07. The number of carbonyl (C=O) groups is 1. The highest BCUT2D eigenvalue weighted by atomic mass is 16.6. The number of rotatable bonds is 5. The molecule has 0 aliphatic heterocycles. The normalized spacial score (nSPS) is 13.1. The first-order chi connectivity index (χ1) is 8.40. The van der Waals surface area contributed by atoms with E-state index < -0.39 is 5.60 Å². The zero-order valence-electron chi connectivity index (χ0n) is 11.5. The van der Waals surface area contributed by atoms with Gasteiger partial charge in [0.05, 0.1) is 6.04 Å². The second kappa shape index (κ2) is 6.44. The molecule has 18 heavy (non-hydrogen) atoms. The Hall–Kier alpha value is -1.49. The number of alkyl carbamates (subject to hydrolysis) is 1. The molecule has 1 aromatic heterocycles. The van der Waals surface area contributed by atoms with E-state index in [1.165, 1.54) is 0 Å². The number of likely N-dealkylation sites (N-methyl/N-ethyl adjacent to an activating group) is 1. The summed E-state index contributed by atoms with van der Waals surface area (Å²) in [7, 11) is 1.86. The molecule has 0 aromatic carbocycles. The SMILES string of the molecule is CNCC(Cc1ccc[nH]1)NC(=O)OC(C)(C)C. The van der Waals surface area contributed by atoms with Crippen molar-refractivity contribution in [3.8, 4) is 0 Å². The fraction of sp³-hybridized carbons (Fsp3) is 0.615. The molecule has 0 saturated carbocycles. The zero-order valence-corrected chi connectivity index (χ0v) is 11.5. The van der Waals surface area contributed by atoms with Crippen LogP contribution in [0.5, 0.6) is 0 Å². The van der Waals surface area contributed by atoms with Gasteiger partial charge in [-0.2, -0.15) is 0 Å². The van der Waals surface area contributed by atoms with Crippen molar-refractivity contribution in [3.63, 3.8) is 0 Å². The van der Waals surface area contributed by atoms with Crippen LogP contribution in [0.2, 0.25) is 0 Å². The molecule has 1 heterocycles. The van der Waals surface area contributed by atoms with Crippen LogP contribution in [-0.4, -0.2) is 36.3 Å². The summed E-state index contributed by atoms with van der Waals surface area (Å²) in [6.45, 7) is 6.25. The molecule has 1 aromatic rings. The van der Waals surface area contributed by atoms with Crippen LogP contribution in [0.1, 0.15) is 26.5 Å². The van der Waals surface area contributed by atoms with Gasteiger partial charge >= 0.3 is 6.09 Å². The van der Waals surface area contributed by atoms with Gasteiger partial charge in [0.2, 0.25) is 0 Å². The van der Waals surface area contributed by atoms with E-state index in [1.807, 2.05) is 46.1 Å². The molecule has 0 bridgehead atoms. The van der Waals surface area contributed by atoms with Crippen molar-refractivity contribution < 1.29 is 9.53 Å². The Kier molecular flexibility index (Phi) is 5.22. The maximum absolute atomic E-state index is 11.7. The number of carbonyl (C=O) groups excluding carboxylic acids is 1. The molecule has 1 rings (SSSR count). The Morgan fingerprint density at radius 2 is 2.22 bits per heavy atom. The van der Waals surface area contributed by atoms with Crippen LogP contribution >= 0.6 is 0 Å². The lowest BCUT2D eigenvalue weighted by Crippen LogP contribution is -2.44. The minimum atomic E-state index is -0.472. The second-order valence-corrected chi connectivity index (χ2v) is 5.30. The van der Waals surface area contributed by atoms with Crippen molar-refractivity contribution >= 4 is 6.09 Å².